The van der Waals surface area contributed by atoms with Crippen LogP contribution in [0.5, 0.6) is 5.06 Å². The molecule has 1 aromatic heterocycles. The highest BCUT2D eigenvalue weighted by Crippen LogP contribution is 2.25. The lowest BCUT2D eigenvalue weighted by Crippen LogP contribution is -1.83. The third-order valence-electron chi connectivity index (χ3n) is 2.02. The van der Waals surface area contributed by atoms with Gasteiger partial charge in [0.1, 0.15) is 0 Å². The molecule has 15 heavy (non-hydrogen) atoms. The van der Waals surface area contributed by atoms with Crippen molar-refractivity contribution in [3.8, 4) is 5.06 Å². The Hall–Kier alpha value is -1.61. The normalized spacial score (nSPS) is 9.87. The molecule has 76 valence electrons. The summed E-state index contributed by atoms with van der Waals surface area (Å²) in [6, 6.07) is 14.0. The van der Waals surface area contributed by atoms with E-state index in [9.17, 15) is 4.79 Å². The topological polar surface area (TPSA) is 26.3 Å². The van der Waals surface area contributed by atoms with Crippen LogP contribution in [0.25, 0.3) is 0 Å². The fourth-order valence-electron chi connectivity index (χ4n) is 1.36. The summed E-state index contributed by atoms with van der Waals surface area (Å²) >= 11 is 1.50. The van der Waals surface area contributed by atoms with Gasteiger partial charge in [0.05, 0.1) is 0 Å². The fraction of sp³-hybridized carbons (Fsp3) is 0.0833. The number of carbonyl (C=O) groups is 1. The number of ether oxygens (including phenoxy) is 1. The molecule has 0 radical (unpaired) electrons. The molecular formula is C12H10O2S. The van der Waals surface area contributed by atoms with Crippen molar-refractivity contribution < 1.29 is 9.53 Å². The maximum absolute atomic E-state index is 10.1. The molecule has 2 nitrogen and oxygen atoms in total. The predicted molar refractivity (Wildman–Crippen MR) is 60.3 cm³/mol. The minimum atomic E-state index is 0.456. The second-order valence-electron chi connectivity index (χ2n) is 3.10. The van der Waals surface area contributed by atoms with Crippen LogP contribution < -0.4 is 4.74 Å². The van der Waals surface area contributed by atoms with Crippen molar-refractivity contribution >= 4 is 17.8 Å². The van der Waals surface area contributed by atoms with Gasteiger partial charge in [-0.3, -0.25) is 4.79 Å². The molecule has 0 saturated carbocycles. The van der Waals surface area contributed by atoms with Crippen LogP contribution in [0, 0.1) is 0 Å². The van der Waals surface area contributed by atoms with Gasteiger partial charge in [0.25, 0.3) is 6.47 Å². The number of hydrogen-bond donors (Lipinski definition) is 0. The lowest BCUT2D eigenvalue weighted by atomic mass is 10.1. The Morgan fingerprint density at radius 2 is 1.93 bits per heavy atom. The van der Waals surface area contributed by atoms with Crippen LogP contribution in [0.15, 0.2) is 42.5 Å². The molecule has 0 saturated heterocycles. The predicted octanol–water partition coefficient (Wildman–Crippen LogP) is 2.87. The summed E-state index contributed by atoms with van der Waals surface area (Å²) in [6.07, 6.45) is 0.883. The van der Waals surface area contributed by atoms with E-state index in [1.807, 2.05) is 30.3 Å². The van der Waals surface area contributed by atoms with Crippen LogP contribution in [0.3, 0.4) is 0 Å². The summed E-state index contributed by atoms with van der Waals surface area (Å²) in [5.41, 5.74) is 1.26. The van der Waals surface area contributed by atoms with Crippen LogP contribution in [-0.4, -0.2) is 6.47 Å². The summed E-state index contributed by atoms with van der Waals surface area (Å²) in [6.45, 7) is 0.456. The van der Waals surface area contributed by atoms with Crippen molar-refractivity contribution in [2.75, 3.05) is 0 Å². The summed E-state index contributed by atoms with van der Waals surface area (Å²) in [5, 5.41) is 0.649. The van der Waals surface area contributed by atoms with E-state index in [4.69, 9.17) is 4.74 Å². The second kappa shape index (κ2) is 4.75. The highest BCUT2D eigenvalue weighted by Gasteiger charge is 2.01. The molecule has 0 spiro atoms. The second-order valence-corrected chi connectivity index (χ2v) is 4.23. The lowest BCUT2D eigenvalue weighted by Gasteiger charge is -1.96. The fourth-order valence-corrected chi connectivity index (χ4v) is 2.22. The number of rotatable bonds is 4. The van der Waals surface area contributed by atoms with Gasteiger partial charge in [-0.1, -0.05) is 30.3 Å². The van der Waals surface area contributed by atoms with Crippen LogP contribution in [-0.2, 0) is 11.2 Å². The van der Waals surface area contributed by atoms with Gasteiger partial charge in [0, 0.05) is 11.3 Å². The van der Waals surface area contributed by atoms with E-state index in [0.29, 0.717) is 11.5 Å². The van der Waals surface area contributed by atoms with E-state index in [1.165, 1.54) is 21.8 Å². The molecular weight excluding hydrogens is 208 g/mol. The van der Waals surface area contributed by atoms with Gasteiger partial charge in [0.15, 0.2) is 5.06 Å². The zero-order valence-electron chi connectivity index (χ0n) is 8.05. The van der Waals surface area contributed by atoms with Gasteiger partial charge >= 0.3 is 0 Å². The molecule has 2 rings (SSSR count). The summed E-state index contributed by atoms with van der Waals surface area (Å²) in [5.74, 6) is 0. The maximum Gasteiger partial charge on any atom is 0.299 e. The van der Waals surface area contributed by atoms with E-state index < -0.39 is 0 Å². The molecule has 1 aromatic carbocycles. The summed E-state index contributed by atoms with van der Waals surface area (Å²) in [7, 11) is 0. The van der Waals surface area contributed by atoms with Crippen LogP contribution >= 0.6 is 11.3 Å². The molecule has 3 heteroatoms. The average Bonchev–Trinajstić information content (AvgIpc) is 2.68. The average molecular weight is 218 g/mol. The van der Waals surface area contributed by atoms with Crippen molar-refractivity contribution in [2.24, 2.45) is 0 Å². The monoisotopic (exact) mass is 218 g/mol. The molecule has 1 heterocycles. The largest absolute Gasteiger partial charge is 0.418 e. The van der Waals surface area contributed by atoms with E-state index in [-0.39, 0.29) is 0 Å². The van der Waals surface area contributed by atoms with Gasteiger partial charge in [-0.2, -0.15) is 0 Å². The van der Waals surface area contributed by atoms with E-state index in [0.717, 1.165) is 6.42 Å². The Morgan fingerprint density at radius 1 is 1.13 bits per heavy atom. The first-order chi connectivity index (χ1) is 7.38. The zero-order chi connectivity index (χ0) is 10.5. The Balaban J connectivity index is 2.08. The summed E-state index contributed by atoms with van der Waals surface area (Å²) < 4.78 is 4.76. The third-order valence-corrected chi connectivity index (χ3v) is 3.00. The molecule has 0 bridgehead atoms. The molecule has 0 atom stereocenters. The van der Waals surface area contributed by atoms with Crippen LogP contribution in [0.1, 0.15) is 10.4 Å². The molecule has 0 unspecified atom stereocenters. The molecule has 0 aliphatic rings. The Bertz CT molecular complexity index is 434. The first-order valence-electron chi connectivity index (χ1n) is 4.61. The minimum Gasteiger partial charge on any atom is -0.418 e. The zero-order valence-corrected chi connectivity index (χ0v) is 8.87. The Morgan fingerprint density at radius 3 is 2.67 bits per heavy atom. The van der Waals surface area contributed by atoms with Crippen LogP contribution in [0.4, 0.5) is 0 Å². The van der Waals surface area contributed by atoms with Crippen molar-refractivity contribution in [3.63, 3.8) is 0 Å². The van der Waals surface area contributed by atoms with Crippen molar-refractivity contribution in [2.45, 2.75) is 6.42 Å². The lowest BCUT2D eigenvalue weighted by molar-refractivity contribution is -0.120. The molecule has 0 N–H and O–H groups in total. The minimum absolute atomic E-state index is 0.456. The molecule has 0 aliphatic heterocycles. The Kier molecular flexibility index (Phi) is 3.15. The molecule has 0 amide bonds. The van der Waals surface area contributed by atoms with Gasteiger partial charge in [-0.25, -0.2) is 0 Å². The molecule has 0 aliphatic carbocycles. The van der Waals surface area contributed by atoms with E-state index in [1.54, 1.807) is 0 Å². The molecule has 2 aromatic rings. The standard InChI is InChI=1S/C12H10O2S/c13-9-14-12-7-6-11(15-12)8-10-4-2-1-3-5-10/h1-7,9H,8H2. The van der Waals surface area contributed by atoms with Gasteiger partial charge in [-0.15, -0.1) is 11.3 Å². The molecule has 0 fully saturated rings. The highest BCUT2D eigenvalue weighted by atomic mass is 32.1. The smallest absolute Gasteiger partial charge is 0.299 e. The highest BCUT2D eigenvalue weighted by molar-refractivity contribution is 7.13. The number of benzene rings is 1. The van der Waals surface area contributed by atoms with Gasteiger partial charge < -0.3 is 4.74 Å². The quantitative estimate of drug-likeness (QED) is 0.737. The first kappa shape index (κ1) is 9.93. The van der Waals surface area contributed by atoms with E-state index in [2.05, 4.69) is 12.1 Å². The van der Waals surface area contributed by atoms with Crippen molar-refractivity contribution in [1.82, 2.24) is 0 Å². The number of carbonyl (C=O) groups excluding carboxylic acids is 1. The SMILES string of the molecule is O=COc1ccc(Cc2ccccc2)s1. The number of hydrogen-bond acceptors (Lipinski definition) is 3. The van der Waals surface area contributed by atoms with Gasteiger partial charge in [-0.05, 0) is 17.7 Å². The summed E-state index contributed by atoms with van der Waals surface area (Å²) in [4.78, 5) is 11.3. The van der Waals surface area contributed by atoms with Crippen molar-refractivity contribution in [3.05, 3.63) is 52.9 Å². The first-order valence-corrected chi connectivity index (χ1v) is 5.43. The third kappa shape index (κ3) is 2.67. The van der Waals surface area contributed by atoms with E-state index >= 15 is 0 Å². The van der Waals surface area contributed by atoms with Crippen LogP contribution in [0.2, 0.25) is 0 Å². The van der Waals surface area contributed by atoms with Crippen molar-refractivity contribution in [1.29, 1.82) is 0 Å². The number of thiophene rings is 1. The van der Waals surface area contributed by atoms with Gasteiger partial charge in [0.2, 0.25) is 0 Å². The Labute approximate surface area is 92.1 Å². The maximum atomic E-state index is 10.1.